The van der Waals surface area contributed by atoms with Gasteiger partial charge in [-0.1, -0.05) is 13.8 Å². The van der Waals surface area contributed by atoms with E-state index in [0.717, 1.165) is 0 Å². The fraction of sp³-hybridized carbons (Fsp3) is 0.556. The minimum absolute atomic E-state index is 0.0203. The SMILES string of the molecule is Cc1nc(Cl)nc(CC(C)C)c1[N+](=O)[O-]. The van der Waals surface area contributed by atoms with Gasteiger partial charge in [0.05, 0.1) is 4.92 Å². The number of halogens is 1. The second-order valence-corrected chi connectivity index (χ2v) is 4.07. The van der Waals surface area contributed by atoms with Crippen molar-refractivity contribution in [1.82, 2.24) is 9.97 Å². The van der Waals surface area contributed by atoms with Gasteiger partial charge >= 0.3 is 5.69 Å². The zero-order valence-electron chi connectivity index (χ0n) is 8.82. The highest BCUT2D eigenvalue weighted by Crippen LogP contribution is 2.23. The molecule has 0 aliphatic heterocycles. The van der Waals surface area contributed by atoms with Crippen molar-refractivity contribution in [3.63, 3.8) is 0 Å². The molecule has 0 atom stereocenters. The van der Waals surface area contributed by atoms with E-state index in [0.29, 0.717) is 17.8 Å². The van der Waals surface area contributed by atoms with Gasteiger partial charge in [0.25, 0.3) is 0 Å². The van der Waals surface area contributed by atoms with E-state index in [1.165, 1.54) is 0 Å². The highest BCUT2D eigenvalue weighted by molar-refractivity contribution is 6.28. The molecule has 0 saturated heterocycles. The zero-order valence-corrected chi connectivity index (χ0v) is 9.58. The summed E-state index contributed by atoms with van der Waals surface area (Å²) in [5.41, 5.74) is 0.705. The Labute approximate surface area is 92.7 Å². The van der Waals surface area contributed by atoms with Crippen LogP contribution in [-0.2, 0) is 6.42 Å². The summed E-state index contributed by atoms with van der Waals surface area (Å²) in [6.07, 6.45) is 0.527. The minimum Gasteiger partial charge on any atom is -0.258 e. The Balaban J connectivity index is 3.27. The van der Waals surface area contributed by atoms with E-state index in [2.05, 4.69) is 9.97 Å². The topological polar surface area (TPSA) is 68.9 Å². The summed E-state index contributed by atoms with van der Waals surface area (Å²) in [5, 5.41) is 10.9. The maximum absolute atomic E-state index is 10.8. The normalized spacial score (nSPS) is 10.7. The summed E-state index contributed by atoms with van der Waals surface area (Å²) in [4.78, 5) is 18.0. The number of hydrogen-bond donors (Lipinski definition) is 0. The Hall–Kier alpha value is -1.23. The van der Waals surface area contributed by atoms with E-state index in [1.54, 1.807) is 6.92 Å². The van der Waals surface area contributed by atoms with Gasteiger partial charge < -0.3 is 0 Å². The molecule has 82 valence electrons. The van der Waals surface area contributed by atoms with E-state index in [4.69, 9.17) is 11.6 Å². The molecule has 0 saturated carbocycles. The van der Waals surface area contributed by atoms with E-state index >= 15 is 0 Å². The molecule has 1 rings (SSSR count). The van der Waals surface area contributed by atoms with Crippen LogP contribution in [0.3, 0.4) is 0 Å². The molecular weight excluding hydrogens is 218 g/mol. The zero-order chi connectivity index (χ0) is 11.6. The molecule has 0 amide bonds. The first-order valence-electron chi connectivity index (χ1n) is 4.59. The standard InChI is InChI=1S/C9H12ClN3O2/c1-5(2)4-7-8(13(14)15)6(3)11-9(10)12-7/h5H,4H2,1-3H3. The molecule has 15 heavy (non-hydrogen) atoms. The first kappa shape index (κ1) is 11.8. The second-order valence-electron chi connectivity index (χ2n) is 3.73. The van der Waals surface area contributed by atoms with E-state index in [-0.39, 0.29) is 16.9 Å². The third-order valence-corrected chi connectivity index (χ3v) is 2.06. The minimum atomic E-state index is -0.455. The summed E-state index contributed by atoms with van der Waals surface area (Å²) < 4.78 is 0. The summed E-state index contributed by atoms with van der Waals surface area (Å²) in [5.74, 6) is 0.286. The van der Waals surface area contributed by atoms with Gasteiger partial charge in [-0.3, -0.25) is 10.1 Å². The Kier molecular flexibility index (Phi) is 3.57. The van der Waals surface area contributed by atoms with Gasteiger partial charge in [-0.15, -0.1) is 0 Å². The molecule has 0 unspecified atom stereocenters. The Morgan fingerprint density at radius 2 is 2.07 bits per heavy atom. The average molecular weight is 230 g/mol. The Morgan fingerprint density at radius 1 is 1.47 bits per heavy atom. The summed E-state index contributed by atoms with van der Waals surface area (Å²) in [6, 6.07) is 0. The third-order valence-electron chi connectivity index (χ3n) is 1.89. The predicted molar refractivity (Wildman–Crippen MR) is 57.0 cm³/mol. The fourth-order valence-electron chi connectivity index (χ4n) is 1.36. The lowest BCUT2D eigenvalue weighted by Gasteiger charge is -2.06. The molecule has 0 N–H and O–H groups in total. The van der Waals surface area contributed by atoms with Crippen LogP contribution in [0.25, 0.3) is 0 Å². The van der Waals surface area contributed by atoms with Crippen molar-refractivity contribution in [2.24, 2.45) is 5.92 Å². The molecule has 5 nitrogen and oxygen atoms in total. The lowest BCUT2D eigenvalue weighted by Crippen LogP contribution is -2.06. The smallest absolute Gasteiger partial charge is 0.258 e. The summed E-state index contributed by atoms with van der Waals surface area (Å²) in [6.45, 7) is 5.50. The predicted octanol–water partition coefficient (Wildman–Crippen LogP) is 2.55. The van der Waals surface area contributed by atoms with Crippen LogP contribution in [0.5, 0.6) is 0 Å². The number of nitro groups is 1. The first-order chi connectivity index (χ1) is 6.91. The van der Waals surface area contributed by atoms with Gasteiger partial charge in [0.1, 0.15) is 11.4 Å². The molecule has 0 aliphatic rings. The van der Waals surface area contributed by atoms with Gasteiger partial charge in [-0.05, 0) is 30.9 Å². The van der Waals surface area contributed by atoms with Crippen LogP contribution in [-0.4, -0.2) is 14.9 Å². The van der Waals surface area contributed by atoms with E-state index in [1.807, 2.05) is 13.8 Å². The van der Waals surface area contributed by atoms with Gasteiger partial charge in [-0.25, -0.2) is 9.97 Å². The largest absolute Gasteiger partial charge is 0.311 e. The molecule has 0 radical (unpaired) electrons. The van der Waals surface area contributed by atoms with Crippen LogP contribution in [0.15, 0.2) is 0 Å². The van der Waals surface area contributed by atoms with Crippen LogP contribution < -0.4 is 0 Å². The monoisotopic (exact) mass is 229 g/mol. The van der Waals surface area contributed by atoms with Crippen molar-refractivity contribution < 1.29 is 4.92 Å². The van der Waals surface area contributed by atoms with Crippen molar-refractivity contribution in [2.75, 3.05) is 0 Å². The lowest BCUT2D eigenvalue weighted by atomic mass is 10.1. The highest BCUT2D eigenvalue weighted by Gasteiger charge is 2.21. The Morgan fingerprint density at radius 3 is 2.53 bits per heavy atom. The second kappa shape index (κ2) is 4.53. The van der Waals surface area contributed by atoms with Crippen LogP contribution in [0.1, 0.15) is 25.2 Å². The van der Waals surface area contributed by atoms with Crippen molar-refractivity contribution in [1.29, 1.82) is 0 Å². The maximum Gasteiger partial charge on any atom is 0.311 e. The summed E-state index contributed by atoms with van der Waals surface area (Å²) in [7, 11) is 0. The first-order valence-corrected chi connectivity index (χ1v) is 4.97. The molecule has 1 aromatic heterocycles. The number of nitrogens with zero attached hydrogens (tertiary/aromatic N) is 3. The fourth-order valence-corrected chi connectivity index (χ4v) is 1.58. The maximum atomic E-state index is 10.8. The van der Waals surface area contributed by atoms with E-state index < -0.39 is 4.92 Å². The molecule has 0 bridgehead atoms. The summed E-state index contributed by atoms with van der Waals surface area (Å²) >= 11 is 5.67. The van der Waals surface area contributed by atoms with Crippen LogP contribution in [0.4, 0.5) is 5.69 Å². The quantitative estimate of drug-likeness (QED) is 0.454. The molecular formula is C9H12ClN3O2. The van der Waals surface area contributed by atoms with E-state index in [9.17, 15) is 10.1 Å². The van der Waals surface area contributed by atoms with Crippen molar-refractivity contribution in [3.8, 4) is 0 Å². The molecule has 1 aromatic rings. The van der Waals surface area contributed by atoms with Gasteiger partial charge in [0, 0.05) is 0 Å². The molecule has 0 spiro atoms. The van der Waals surface area contributed by atoms with Crippen molar-refractivity contribution in [3.05, 3.63) is 26.8 Å². The van der Waals surface area contributed by atoms with Crippen molar-refractivity contribution >= 4 is 17.3 Å². The Bertz CT molecular complexity index is 393. The van der Waals surface area contributed by atoms with Crippen LogP contribution >= 0.6 is 11.6 Å². The van der Waals surface area contributed by atoms with Gasteiger partial charge in [0.2, 0.25) is 5.28 Å². The van der Waals surface area contributed by atoms with Gasteiger partial charge in [-0.2, -0.15) is 0 Å². The van der Waals surface area contributed by atoms with Gasteiger partial charge in [0.15, 0.2) is 0 Å². The third kappa shape index (κ3) is 2.86. The van der Waals surface area contributed by atoms with Crippen LogP contribution in [0, 0.1) is 23.0 Å². The van der Waals surface area contributed by atoms with Crippen LogP contribution in [0.2, 0.25) is 5.28 Å². The number of aryl methyl sites for hydroxylation is 1. The van der Waals surface area contributed by atoms with Crippen molar-refractivity contribution in [2.45, 2.75) is 27.2 Å². The molecule has 0 fully saturated rings. The lowest BCUT2D eigenvalue weighted by molar-refractivity contribution is -0.386. The number of rotatable bonds is 3. The average Bonchev–Trinajstić information content (AvgIpc) is 1.99. The number of hydrogen-bond acceptors (Lipinski definition) is 4. The molecule has 6 heteroatoms. The number of aromatic nitrogens is 2. The molecule has 0 aromatic carbocycles. The molecule has 1 heterocycles. The molecule has 0 aliphatic carbocycles. The highest BCUT2D eigenvalue weighted by atomic mass is 35.5.